The molecule has 0 N–H and O–H groups in total. The standard InChI is InChI=1S/C32H30O9S/c1-3-29(33)39-20-5-6-21-40-32(36)41-27-13-11-24(12-14-27)23-7-9-25(10-8-23)31(35)42-28-17-15-26(16-18-28)38-22-19-30(34)37-4-2/h3-4,7-18H,1-2,5-6,19-22H2. The molecule has 0 aromatic heterocycles. The number of thioether (sulfide) groups is 1. The molecule has 3 aromatic carbocycles. The van der Waals surface area contributed by atoms with Crippen molar-refractivity contribution in [2.24, 2.45) is 0 Å². The van der Waals surface area contributed by atoms with E-state index in [1.165, 1.54) is 0 Å². The van der Waals surface area contributed by atoms with Gasteiger partial charge in [-0.1, -0.05) is 37.4 Å². The van der Waals surface area contributed by atoms with Gasteiger partial charge in [0.15, 0.2) is 0 Å². The minimum absolute atomic E-state index is 0.101. The van der Waals surface area contributed by atoms with E-state index in [0.29, 0.717) is 29.9 Å². The highest BCUT2D eigenvalue weighted by molar-refractivity contribution is 8.14. The van der Waals surface area contributed by atoms with Crippen molar-refractivity contribution < 1.29 is 42.9 Å². The molecule has 10 heteroatoms. The van der Waals surface area contributed by atoms with Crippen LogP contribution in [0.15, 0.2) is 103 Å². The van der Waals surface area contributed by atoms with Crippen molar-refractivity contribution in [1.82, 2.24) is 0 Å². The fraction of sp³-hybridized carbons (Fsp3) is 0.188. The summed E-state index contributed by atoms with van der Waals surface area (Å²) in [6.07, 6.45) is 2.52. The maximum absolute atomic E-state index is 12.8. The molecule has 0 heterocycles. The number of unbranched alkanes of at least 4 members (excludes halogenated alkanes) is 1. The predicted octanol–water partition coefficient (Wildman–Crippen LogP) is 6.77. The average Bonchev–Trinajstić information content (AvgIpc) is 3.00. The highest BCUT2D eigenvalue weighted by Crippen LogP contribution is 2.27. The Bertz CT molecular complexity index is 1360. The fourth-order valence-corrected chi connectivity index (χ4v) is 4.15. The van der Waals surface area contributed by atoms with E-state index < -0.39 is 18.1 Å². The smallest absolute Gasteiger partial charge is 0.493 e. The summed E-state index contributed by atoms with van der Waals surface area (Å²) in [6.45, 7) is 7.18. The lowest BCUT2D eigenvalue weighted by molar-refractivity contribution is -0.139. The number of hydrogen-bond acceptors (Lipinski definition) is 10. The highest BCUT2D eigenvalue weighted by atomic mass is 32.2. The third-order valence-corrected chi connectivity index (χ3v) is 6.43. The van der Waals surface area contributed by atoms with Crippen LogP contribution in [0, 0.1) is 0 Å². The van der Waals surface area contributed by atoms with Crippen LogP contribution in [0.25, 0.3) is 11.1 Å². The van der Waals surface area contributed by atoms with Gasteiger partial charge in [-0.15, -0.1) is 0 Å². The Kier molecular flexibility index (Phi) is 12.9. The zero-order valence-corrected chi connectivity index (χ0v) is 23.6. The minimum Gasteiger partial charge on any atom is -0.493 e. The number of benzene rings is 3. The molecule has 3 rings (SSSR count). The van der Waals surface area contributed by atoms with Gasteiger partial charge in [-0.2, -0.15) is 0 Å². The van der Waals surface area contributed by atoms with Crippen LogP contribution in [0.3, 0.4) is 0 Å². The Labute approximate surface area is 248 Å². The number of ether oxygens (including phenoxy) is 5. The minimum atomic E-state index is -0.820. The molecular formula is C32H30O9S. The van der Waals surface area contributed by atoms with Gasteiger partial charge in [-0.05, 0) is 84.3 Å². The second kappa shape index (κ2) is 17.1. The number of carbonyl (C=O) groups excluding carboxylic acids is 4. The number of esters is 2. The first kappa shape index (κ1) is 31.7. The molecule has 0 amide bonds. The first-order valence-electron chi connectivity index (χ1n) is 13.0. The van der Waals surface area contributed by atoms with Crippen molar-refractivity contribution in [3.8, 4) is 22.6 Å². The Hall–Kier alpha value is -4.83. The lowest BCUT2D eigenvalue weighted by atomic mass is 10.0. The zero-order valence-electron chi connectivity index (χ0n) is 22.8. The first-order valence-corrected chi connectivity index (χ1v) is 13.8. The van der Waals surface area contributed by atoms with E-state index >= 15 is 0 Å². The number of carbonyl (C=O) groups is 4. The van der Waals surface area contributed by atoms with E-state index in [1.807, 2.05) is 12.1 Å². The van der Waals surface area contributed by atoms with Gasteiger partial charge in [0.25, 0.3) is 0 Å². The van der Waals surface area contributed by atoms with Crippen molar-refractivity contribution in [2.75, 3.05) is 19.8 Å². The molecular weight excluding hydrogens is 560 g/mol. The Balaban J connectivity index is 1.42. The summed E-state index contributed by atoms with van der Waals surface area (Å²) in [7, 11) is 0. The lowest BCUT2D eigenvalue weighted by Gasteiger charge is -2.08. The van der Waals surface area contributed by atoms with Gasteiger partial charge in [-0.3, -0.25) is 9.59 Å². The van der Waals surface area contributed by atoms with Crippen LogP contribution in [0.5, 0.6) is 11.5 Å². The van der Waals surface area contributed by atoms with Crippen molar-refractivity contribution in [1.29, 1.82) is 0 Å². The van der Waals surface area contributed by atoms with Crippen molar-refractivity contribution >= 4 is 35.0 Å². The molecule has 0 radical (unpaired) electrons. The molecule has 0 saturated heterocycles. The van der Waals surface area contributed by atoms with E-state index in [-0.39, 0.29) is 31.4 Å². The van der Waals surface area contributed by atoms with Crippen LogP contribution in [0.1, 0.15) is 29.6 Å². The second-order valence-corrected chi connectivity index (χ2v) is 9.54. The summed E-state index contributed by atoms with van der Waals surface area (Å²) in [4.78, 5) is 47.7. The number of hydrogen-bond donors (Lipinski definition) is 0. The van der Waals surface area contributed by atoms with Gasteiger partial charge in [0.05, 0.1) is 32.5 Å². The SMILES string of the molecule is C=COC(=O)CCOc1ccc(SC(=O)c2ccc(-c3ccc(OC(=O)OCCCCOC(=O)C=C)cc3)cc2)cc1. The van der Waals surface area contributed by atoms with Gasteiger partial charge >= 0.3 is 18.1 Å². The molecule has 0 fully saturated rings. The largest absolute Gasteiger partial charge is 0.513 e. The van der Waals surface area contributed by atoms with Gasteiger partial charge in [0.1, 0.15) is 11.5 Å². The predicted molar refractivity (Wildman–Crippen MR) is 157 cm³/mol. The molecule has 9 nitrogen and oxygen atoms in total. The molecule has 0 aliphatic rings. The summed E-state index contributed by atoms with van der Waals surface area (Å²) in [5.74, 6) is -0.000738. The molecule has 3 aromatic rings. The van der Waals surface area contributed by atoms with Crippen LogP contribution in [-0.2, 0) is 23.8 Å². The summed E-state index contributed by atoms with van der Waals surface area (Å²) >= 11 is 1.10. The molecule has 42 heavy (non-hydrogen) atoms. The van der Waals surface area contributed by atoms with E-state index in [4.69, 9.17) is 18.9 Å². The summed E-state index contributed by atoms with van der Waals surface area (Å²) < 4.78 is 25.2. The normalized spacial score (nSPS) is 10.2. The van der Waals surface area contributed by atoms with Crippen LogP contribution in [0.4, 0.5) is 4.79 Å². The molecule has 0 aliphatic carbocycles. The van der Waals surface area contributed by atoms with Crippen LogP contribution in [0.2, 0.25) is 0 Å². The summed E-state index contributed by atoms with van der Waals surface area (Å²) in [6, 6.07) is 21.1. The first-order chi connectivity index (χ1) is 20.4. The van der Waals surface area contributed by atoms with Crippen LogP contribution < -0.4 is 9.47 Å². The van der Waals surface area contributed by atoms with Crippen molar-refractivity contribution in [3.63, 3.8) is 0 Å². The van der Waals surface area contributed by atoms with E-state index in [9.17, 15) is 19.2 Å². The second-order valence-electron chi connectivity index (χ2n) is 8.50. The quantitative estimate of drug-likeness (QED) is 0.0357. The molecule has 0 spiro atoms. The summed E-state index contributed by atoms with van der Waals surface area (Å²) in [5, 5.41) is -0.109. The maximum atomic E-state index is 12.8. The van der Waals surface area contributed by atoms with E-state index in [1.54, 1.807) is 60.7 Å². The van der Waals surface area contributed by atoms with Gasteiger partial charge in [0.2, 0.25) is 5.12 Å². The van der Waals surface area contributed by atoms with Gasteiger partial charge in [-0.25, -0.2) is 9.59 Å². The lowest BCUT2D eigenvalue weighted by Crippen LogP contribution is -2.12. The van der Waals surface area contributed by atoms with Gasteiger partial charge in [0, 0.05) is 16.5 Å². The monoisotopic (exact) mass is 590 g/mol. The van der Waals surface area contributed by atoms with Crippen LogP contribution >= 0.6 is 11.8 Å². The molecule has 0 saturated carbocycles. The molecule has 0 atom stereocenters. The molecule has 0 bridgehead atoms. The highest BCUT2D eigenvalue weighted by Gasteiger charge is 2.11. The third-order valence-electron chi connectivity index (χ3n) is 5.50. The molecule has 218 valence electrons. The van der Waals surface area contributed by atoms with Crippen molar-refractivity contribution in [3.05, 3.63) is 104 Å². The van der Waals surface area contributed by atoms with Crippen molar-refractivity contribution in [2.45, 2.75) is 24.2 Å². The topological polar surface area (TPSA) is 114 Å². The number of rotatable bonds is 15. The zero-order chi connectivity index (χ0) is 30.2. The maximum Gasteiger partial charge on any atom is 0.513 e. The molecule has 0 unspecified atom stereocenters. The van der Waals surface area contributed by atoms with E-state index in [0.717, 1.165) is 40.1 Å². The van der Waals surface area contributed by atoms with Crippen LogP contribution in [-0.4, -0.2) is 43.0 Å². The summed E-state index contributed by atoms with van der Waals surface area (Å²) in [5.41, 5.74) is 2.32. The third kappa shape index (κ3) is 11.0. The van der Waals surface area contributed by atoms with Gasteiger partial charge < -0.3 is 23.7 Å². The Morgan fingerprint density at radius 3 is 1.93 bits per heavy atom. The van der Waals surface area contributed by atoms with E-state index in [2.05, 4.69) is 17.9 Å². The Morgan fingerprint density at radius 1 is 0.714 bits per heavy atom. The molecule has 0 aliphatic heterocycles. The average molecular weight is 591 g/mol. The fourth-order valence-electron chi connectivity index (χ4n) is 3.41. The Morgan fingerprint density at radius 2 is 1.31 bits per heavy atom.